The van der Waals surface area contributed by atoms with Crippen molar-refractivity contribution >= 4 is 10.8 Å². The summed E-state index contributed by atoms with van der Waals surface area (Å²) in [6.07, 6.45) is 3.23. The van der Waals surface area contributed by atoms with E-state index in [2.05, 4.69) is 84.9 Å². The molecule has 0 saturated carbocycles. The van der Waals surface area contributed by atoms with Crippen LogP contribution in [0.2, 0.25) is 0 Å². The van der Waals surface area contributed by atoms with Crippen LogP contribution in [0.4, 0.5) is 0 Å². The standard InChI is InChI=1S/C29H28O2/c30-18-6-16-29(17-7-19-31)27-13-4-3-10-25(27)26-12-5-11-24(28(26)29)23-15-14-21-8-1-2-9-22(21)20-23/h1-5,8-15,20,30-31H,6-7,16-19H2. The van der Waals surface area contributed by atoms with Crippen LogP contribution < -0.4 is 0 Å². The number of hydrogen-bond acceptors (Lipinski definition) is 2. The molecule has 156 valence electrons. The summed E-state index contributed by atoms with van der Waals surface area (Å²) in [6.45, 7) is 0.354. The van der Waals surface area contributed by atoms with Crippen LogP contribution in [0.1, 0.15) is 36.8 Å². The molecule has 0 spiro atoms. The molecular weight excluding hydrogens is 380 g/mol. The third kappa shape index (κ3) is 3.27. The van der Waals surface area contributed by atoms with E-state index in [1.165, 1.54) is 44.2 Å². The van der Waals surface area contributed by atoms with Crippen LogP contribution in [-0.4, -0.2) is 23.4 Å². The lowest BCUT2D eigenvalue weighted by Gasteiger charge is -2.34. The van der Waals surface area contributed by atoms with Gasteiger partial charge in [-0.15, -0.1) is 0 Å². The summed E-state index contributed by atoms with van der Waals surface area (Å²) >= 11 is 0. The van der Waals surface area contributed by atoms with Gasteiger partial charge in [-0.1, -0.05) is 78.9 Å². The second kappa shape index (κ2) is 8.30. The zero-order chi connectivity index (χ0) is 21.3. The maximum absolute atomic E-state index is 9.72. The molecule has 0 bridgehead atoms. The van der Waals surface area contributed by atoms with Crippen LogP contribution in [0.3, 0.4) is 0 Å². The Bertz CT molecular complexity index is 1220. The van der Waals surface area contributed by atoms with Gasteiger partial charge in [0.2, 0.25) is 0 Å². The molecule has 2 N–H and O–H groups in total. The highest BCUT2D eigenvalue weighted by Crippen LogP contribution is 2.56. The van der Waals surface area contributed by atoms with Crippen molar-refractivity contribution in [2.45, 2.75) is 31.1 Å². The second-order valence-electron chi connectivity index (χ2n) is 8.57. The molecule has 0 unspecified atom stereocenters. The second-order valence-corrected chi connectivity index (χ2v) is 8.57. The van der Waals surface area contributed by atoms with E-state index >= 15 is 0 Å². The average Bonchev–Trinajstić information content (AvgIpc) is 3.11. The van der Waals surface area contributed by atoms with E-state index in [9.17, 15) is 10.2 Å². The molecule has 0 radical (unpaired) electrons. The van der Waals surface area contributed by atoms with Gasteiger partial charge in [-0.2, -0.15) is 0 Å². The van der Waals surface area contributed by atoms with Gasteiger partial charge in [0.1, 0.15) is 0 Å². The Hall–Kier alpha value is -2.94. The van der Waals surface area contributed by atoms with Crippen LogP contribution in [0, 0.1) is 0 Å². The molecule has 0 fully saturated rings. The number of aliphatic hydroxyl groups excluding tert-OH is 2. The molecule has 5 rings (SSSR count). The van der Waals surface area contributed by atoms with Crippen molar-refractivity contribution in [1.82, 2.24) is 0 Å². The molecule has 0 aliphatic heterocycles. The molecule has 0 heterocycles. The fourth-order valence-corrected chi connectivity index (χ4v) is 5.57. The van der Waals surface area contributed by atoms with Crippen LogP contribution in [0.15, 0.2) is 84.9 Å². The van der Waals surface area contributed by atoms with Crippen LogP contribution in [0.25, 0.3) is 33.0 Å². The van der Waals surface area contributed by atoms with E-state index < -0.39 is 0 Å². The molecule has 2 heteroatoms. The molecule has 1 aliphatic rings. The number of aliphatic hydroxyl groups is 2. The number of hydrogen-bond donors (Lipinski definition) is 2. The quantitative estimate of drug-likeness (QED) is 0.376. The Labute approximate surface area is 183 Å². The maximum atomic E-state index is 9.72. The van der Waals surface area contributed by atoms with Gasteiger partial charge in [0.25, 0.3) is 0 Å². The fraction of sp³-hybridized carbons (Fsp3) is 0.241. The van der Waals surface area contributed by atoms with Crippen molar-refractivity contribution in [2.24, 2.45) is 0 Å². The van der Waals surface area contributed by atoms with Crippen LogP contribution in [0.5, 0.6) is 0 Å². The Kier molecular flexibility index (Phi) is 5.35. The Morgan fingerprint density at radius 2 is 1.23 bits per heavy atom. The summed E-state index contributed by atoms with van der Waals surface area (Å²) in [7, 11) is 0. The van der Waals surface area contributed by atoms with Crippen LogP contribution in [-0.2, 0) is 5.41 Å². The van der Waals surface area contributed by atoms with E-state index in [0.717, 1.165) is 25.7 Å². The molecule has 31 heavy (non-hydrogen) atoms. The summed E-state index contributed by atoms with van der Waals surface area (Å²) in [4.78, 5) is 0. The SMILES string of the molecule is OCCCC1(CCCO)c2ccccc2-c2cccc(-c3ccc4ccccc4c3)c21. The predicted octanol–water partition coefficient (Wildman–Crippen LogP) is 6.32. The molecule has 0 atom stereocenters. The van der Waals surface area contributed by atoms with Gasteiger partial charge in [0, 0.05) is 18.6 Å². The highest BCUT2D eigenvalue weighted by molar-refractivity contribution is 5.92. The Morgan fingerprint density at radius 1 is 0.581 bits per heavy atom. The van der Waals surface area contributed by atoms with E-state index in [4.69, 9.17) is 0 Å². The van der Waals surface area contributed by atoms with Gasteiger partial charge in [0.05, 0.1) is 0 Å². The van der Waals surface area contributed by atoms with Gasteiger partial charge in [-0.3, -0.25) is 0 Å². The first-order valence-corrected chi connectivity index (χ1v) is 11.2. The Balaban J connectivity index is 1.77. The van der Waals surface area contributed by atoms with Crippen LogP contribution >= 0.6 is 0 Å². The van der Waals surface area contributed by atoms with Gasteiger partial charge in [-0.05, 0) is 75.9 Å². The summed E-state index contributed by atoms with van der Waals surface area (Å²) in [5, 5.41) is 21.9. The highest BCUT2D eigenvalue weighted by Gasteiger charge is 2.43. The number of fused-ring (bicyclic) bond motifs is 4. The molecule has 0 saturated heterocycles. The Morgan fingerprint density at radius 3 is 2.00 bits per heavy atom. The van der Waals surface area contributed by atoms with Crippen molar-refractivity contribution in [2.75, 3.05) is 13.2 Å². The fourth-order valence-electron chi connectivity index (χ4n) is 5.57. The van der Waals surface area contributed by atoms with Crippen molar-refractivity contribution in [3.63, 3.8) is 0 Å². The first kappa shape index (κ1) is 20.0. The minimum absolute atomic E-state index is 0.177. The van der Waals surface area contributed by atoms with Crippen molar-refractivity contribution in [3.8, 4) is 22.3 Å². The minimum atomic E-state index is -0.195. The molecule has 1 aliphatic carbocycles. The topological polar surface area (TPSA) is 40.5 Å². The van der Waals surface area contributed by atoms with Crippen molar-refractivity contribution in [3.05, 3.63) is 96.1 Å². The molecular formula is C29H28O2. The summed E-state index contributed by atoms with van der Waals surface area (Å²) in [5.74, 6) is 0. The first-order valence-electron chi connectivity index (χ1n) is 11.2. The normalized spacial score (nSPS) is 13.9. The smallest absolute Gasteiger partial charge is 0.0431 e. The van der Waals surface area contributed by atoms with E-state index in [1.54, 1.807) is 0 Å². The summed E-state index contributed by atoms with van der Waals surface area (Å²) in [5.41, 5.74) is 7.55. The summed E-state index contributed by atoms with van der Waals surface area (Å²) < 4.78 is 0. The maximum Gasteiger partial charge on any atom is 0.0431 e. The molecule has 4 aromatic carbocycles. The van der Waals surface area contributed by atoms with Gasteiger partial charge >= 0.3 is 0 Å². The zero-order valence-corrected chi connectivity index (χ0v) is 17.7. The summed E-state index contributed by atoms with van der Waals surface area (Å²) in [6, 6.07) is 30.5. The first-order chi connectivity index (χ1) is 15.3. The molecule has 0 amide bonds. The minimum Gasteiger partial charge on any atom is -0.396 e. The lowest BCUT2D eigenvalue weighted by atomic mass is 9.69. The van der Waals surface area contributed by atoms with Crippen molar-refractivity contribution < 1.29 is 10.2 Å². The molecule has 0 aromatic heterocycles. The largest absolute Gasteiger partial charge is 0.396 e. The number of benzene rings is 4. The van der Waals surface area contributed by atoms with Crippen molar-refractivity contribution in [1.29, 1.82) is 0 Å². The zero-order valence-electron chi connectivity index (χ0n) is 17.7. The third-order valence-corrected chi connectivity index (χ3v) is 6.86. The third-order valence-electron chi connectivity index (χ3n) is 6.86. The van der Waals surface area contributed by atoms with Gasteiger partial charge in [-0.25, -0.2) is 0 Å². The predicted molar refractivity (Wildman–Crippen MR) is 128 cm³/mol. The number of rotatable bonds is 7. The monoisotopic (exact) mass is 408 g/mol. The molecule has 2 nitrogen and oxygen atoms in total. The van der Waals surface area contributed by atoms with Gasteiger partial charge < -0.3 is 10.2 Å². The van der Waals surface area contributed by atoms with E-state index in [1.807, 2.05) is 0 Å². The lowest BCUT2D eigenvalue weighted by molar-refractivity contribution is 0.247. The average molecular weight is 409 g/mol. The van der Waals surface area contributed by atoms with Gasteiger partial charge in [0.15, 0.2) is 0 Å². The highest BCUT2D eigenvalue weighted by atomic mass is 16.3. The molecule has 4 aromatic rings. The van der Waals surface area contributed by atoms with E-state index in [-0.39, 0.29) is 18.6 Å². The van der Waals surface area contributed by atoms with E-state index in [0.29, 0.717) is 0 Å². The lowest BCUT2D eigenvalue weighted by Crippen LogP contribution is -2.27.